The second kappa shape index (κ2) is 17.4. The topological polar surface area (TPSA) is 407 Å². The second-order valence-corrected chi connectivity index (χ2v) is 20.1. The molecule has 0 bridgehead atoms. The Bertz CT molecular complexity index is 3390. The first kappa shape index (κ1) is 46.0. The molecule has 1 heterocycles. The van der Waals surface area contributed by atoms with Gasteiger partial charge in [0.15, 0.2) is 9.84 Å². The molecule has 0 aliphatic heterocycles. The van der Waals surface area contributed by atoms with Crippen molar-refractivity contribution in [3.63, 3.8) is 0 Å². The van der Waals surface area contributed by atoms with Gasteiger partial charge in [-0.15, -0.1) is 10.2 Å². The van der Waals surface area contributed by atoms with E-state index >= 15 is 0 Å². The Kier molecular flexibility index (Phi) is 12.7. The SMILES string of the molecule is Nc1ccc2cc(S(=O)(=O)O)cc(O)c2c1N=Nc1cc(Nc2nc(Nc3ccc(S(=O)(=O)CCOS(=O)(=O)O)cc3)nc(Nc3cccc(S(=O)(=O)O)c3)n2)ccc1S(=O)(=O)O. The van der Waals surface area contributed by atoms with E-state index in [4.69, 9.17) is 10.3 Å². The summed E-state index contributed by atoms with van der Waals surface area (Å²) in [7, 11) is -23.3. The highest BCUT2D eigenvalue weighted by Gasteiger charge is 2.21. The van der Waals surface area contributed by atoms with E-state index < -0.39 is 89.1 Å². The molecule has 0 saturated carbocycles. The van der Waals surface area contributed by atoms with E-state index in [1.165, 1.54) is 36.4 Å². The van der Waals surface area contributed by atoms with Crippen molar-refractivity contribution < 1.29 is 69.6 Å². The molecule has 0 spiro atoms. The minimum atomic E-state index is -4.99. The number of rotatable bonds is 16. The molecule has 0 radical (unpaired) electrons. The number of nitrogens with one attached hydrogen (secondary N) is 3. The molecule has 0 aliphatic carbocycles. The zero-order valence-corrected chi connectivity index (χ0v) is 35.2. The molecule has 0 fully saturated rings. The molecular formula is C33H29N9O16S5. The first-order chi connectivity index (χ1) is 29.2. The van der Waals surface area contributed by atoms with Gasteiger partial charge < -0.3 is 26.8 Å². The van der Waals surface area contributed by atoms with Crippen molar-refractivity contribution in [2.75, 3.05) is 34.0 Å². The van der Waals surface area contributed by atoms with Gasteiger partial charge >= 0.3 is 10.4 Å². The summed E-state index contributed by atoms with van der Waals surface area (Å²) in [6.07, 6.45) is 0. The van der Waals surface area contributed by atoms with E-state index in [0.717, 1.165) is 54.6 Å². The van der Waals surface area contributed by atoms with Crippen LogP contribution in [0.4, 0.5) is 52.0 Å². The largest absolute Gasteiger partial charge is 0.507 e. The lowest BCUT2D eigenvalue weighted by Gasteiger charge is -2.13. The summed E-state index contributed by atoms with van der Waals surface area (Å²) in [5.74, 6) is -2.29. The second-order valence-electron chi connectivity index (χ2n) is 12.7. The number of hydrogen-bond donors (Lipinski definition) is 9. The third kappa shape index (κ3) is 11.7. The van der Waals surface area contributed by atoms with Crippen molar-refractivity contribution in [2.45, 2.75) is 19.6 Å². The number of nitrogens with zero attached hydrogens (tertiary/aromatic N) is 5. The number of hydrogen-bond acceptors (Lipinski definition) is 21. The van der Waals surface area contributed by atoms with Crippen LogP contribution in [0.5, 0.6) is 5.75 Å². The van der Waals surface area contributed by atoms with E-state index in [2.05, 4.69) is 45.3 Å². The van der Waals surface area contributed by atoms with Crippen LogP contribution in [0.2, 0.25) is 0 Å². The van der Waals surface area contributed by atoms with Crippen molar-refractivity contribution in [1.82, 2.24) is 15.0 Å². The molecule has 332 valence electrons. The highest BCUT2D eigenvalue weighted by Crippen LogP contribution is 2.41. The predicted octanol–water partition coefficient (Wildman–Crippen LogP) is 4.29. The maximum absolute atomic E-state index is 12.7. The lowest BCUT2D eigenvalue weighted by molar-refractivity contribution is 0.284. The van der Waals surface area contributed by atoms with E-state index in [9.17, 15) is 60.9 Å². The van der Waals surface area contributed by atoms with Crippen LogP contribution < -0.4 is 21.7 Å². The molecule has 5 aromatic carbocycles. The number of anilines is 7. The number of fused-ring (bicyclic) bond motifs is 1. The van der Waals surface area contributed by atoms with Crippen LogP contribution in [0.25, 0.3) is 10.8 Å². The van der Waals surface area contributed by atoms with Crippen molar-refractivity contribution in [3.05, 3.63) is 91.0 Å². The van der Waals surface area contributed by atoms with Crippen molar-refractivity contribution in [3.8, 4) is 5.75 Å². The summed E-state index contributed by atoms with van der Waals surface area (Å²) in [6.45, 7) is -0.861. The molecule has 10 N–H and O–H groups in total. The minimum Gasteiger partial charge on any atom is -0.507 e. The Balaban J connectivity index is 1.37. The smallest absolute Gasteiger partial charge is 0.397 e. The normalized spacial score (nSPS) is 12.7. The molecule has 1 aromatic heterocycles. The molecule has 0 amide bonds. The Morgan fingerprint density at radius 1 is 0.587 bits per heavy atom. The van der Waals surface area contributed by atoms with Gasteiger partial charge in [0.1, 0.15) is 22.0 Å². The predicted molar refractivity (Wildman–Crippen MR) is 222 cm³/mol. The number of nitrogen functional groups attached to an aromatic ring is 1. The summed E-state index contributed by atoms with van der Waals surface area (Å²) in [6, 6.07) is 17.2. The quantitative estimate of drug-likeness (QED) is 0.0371. The zero-order valence-electron chi connectivity index (χ0n) is 31.2. The van der Waals surface area contributed by atoms with Gasteiger partial charge in [-0.3, -0.25) is 18.2 Å². The maximum Gasteiger partial charge on any atom is 0.397 e. The van der Waals surface area contributed by atoms with Gasteiger partial charge in [0.25, 0.3) is 30.4 Å². The van der Waals surface area contributed by atoms with Gasteiger partial charge in [0.2, 0.25) is 17.8 Å². The van der Waals surface area contributed by atoms with Gasteiger partial charge in [0.05, 0.1) is 38.1 Å². The number of azo groups is 1. The molecule has 63 heavy (non-hydrogen) atoms. The van der Waals surface area contributed by atoms with E-state index in [-0.39, 0.29) is 61.9 Å². The lowest BCUT2D eigenvalue weighted by atomic mass is 10.1. The fourth-order valence-electron chi connectivity index (χ4n) is 5.44. The molecule has 25 nitrogen and oxygen atoms in total. The third-order valence-corrected chi connectivity index (χ3v) is 12.9. The molecule has 0 aliphatic rings. The number of aromatic hydroxyl groups is 1. The number of sulfone groups is 1. The number of aromatic nitrogens is 3. The first-order valence-corrected chi connectivity index (χ1v) is 24.2. The fourth-order valence-corrected chi connectivity index (χ4v) is 8.60. The third-order valence-electron chi connectivity index (χ3n) is 8.20. The Hall–Kier alpha value is -6.48. The lowest BCUT2D eigenvalue weighted by Crippen LogP contribution is -2.15. The number of benzene rings is 5. The van der Waals surface area contributed by atoms with Gasteiger partial charge in [-0.25, -0.2) is 12.6 Å². The van der Waals surface area contributed by atoms with E-state index in [1.807, 2.05) is 0 Å². The average molecular weight is 968 g/mol. The molecule has 30 heteroatoms. The van der Waals surface area contributed by atoms with Crippen LogP contribution in [-0.4, -0.2) is 92.7 Å². The average Bonchev–Trinajstić information content (AvgIpc) is 3.16. The summed E-state index contributed by atoms with van der Waals surface area (Å²) in [4.78, 5) is 10.6. The summed E-state index contributed by atoms with van der Waals surface area (Å²) >= 11 is 0. The van der Waals surface area contributed by atoms with E-state index in [1.54, 1.807) is 0 Å². The number of phenols is 1. The van der Waals surface area contributed by atoms with Crippen molar-refractivity contribution >= 4 is 113 Å². The van der Waals surface area contributed by atoms with E-state index in [0.29, 0.717) is 0 Å². The zero-order chi connectivity index (χ0) is 46.1. The molecule has 0 saturated heterocycles. The monoisotopic (exact) mass is 967 g/mol. The van der Waals surface area contributed by atoms with Crippen LogP contribution in [0.1, 0.15) is 0 Å². The van der Waals surface area contributed by atoms with Gasteiger partial charge in [-0.1, -0.05) is 12.1 Å². The minimum absolute atomic E-state index is 0.00751. The maximum atomic E-state index is 12.7. The van der Waals surface area contributed by atoms with Crippen LogP contribution in [0, 0.1) is 0 Å². The number of phenolic OH excluding ortho intramolecular Hbond substituents is 1. The van der Waals surface area contributed by atoms with Crippen LogP contribution in [0.15, 0.2) is 121 Å². The first-order valence-electron chi connectivity index (χ1n) is 16.9. The Morgan fingerprint density at radius 3 is 1.73 bits per heavy atom. The fraction of sp³-hybridized carbons (Fsp3) is 0.0606. The highest BCUT2D eigenvalue weighted by atomic mass is 32.3. The Labute approximate surface area is 356 Å². The van der Waals surface area contributed by atoms with Crippen molar-refractivity contribution in [2.24, 2.45) is 10.2 Å². The van der Waals surface area contributed by atoms with Crippen LogP contribution in [0.3, 0.4) is 0 Å². The van der Waals surface area contributed by atoms with Crippen LogP contribution in [-0.2, 0) is 54.8 Å². The highest BCUT2D eigenvalue weighted by molar-refractivity contribution is 7.91. The van der Waals surface area contributed by atoms with Gasteiger partial charge in [-0.2, -0.15) is 48.6 Å². The molecule has 0 unspecified atom stereocenters. The molecule has 6 rings (SSSR count). The van der Waals surface area contributed by atoms with Gasteiger partial charge in [-0.05, 0) is 78.2 Å². The standard InChI is InChI=1S/C33H29N9O16S5/c34-25-10-4-18-14-24(61(49,50)51)17-27(43)29(18)30(25)42-41-26-16-21(7-11-28(26)62(52,53)54)37-33-39-31(38-32(40-33)36-20-2-1-3-23(15-20)60(46,47)48)35-19-5-8-22(9-6-19)59(44,45)13-12-58-63(55,56)57/h1-11,14-17,43H,12-13,34H2,(H,46,47,48)(H,49,50,51)(H,52,53,54)(H,55,56,57)(H3,35,36,37,38,39,40). The summed E-state index contributed by atoms with van der Waals surface area (Å²) < 4.78 is 161. The van der Waals surface area contributed by atoms with Crippen molar-refractivity contribution in [1.29, 1.82) is 0 Å². The van der Waals surface area contributed by atoms with Gasteiger partial charge in [0, 0.05) is 23.1 Å². The van der Waals surface area contributed by atoms with Crippen LogP contribution >= 0.6 is 0 Å². The number of nitrogens with two attached hydrogens (primary N) is 1. The molecule has 0 atom stereocenters. The summed E-state index contributed by atoms with van der Waals surface area (Å²) in [5, 5.41) is 26.9. The Morgan fingerprint density at radius 2 is 1.16 bits per heavy atom. The summed E-state index contributed by atoms with van der Waals surface area (Å²) in [5.41, 5.74) is 5.44. The molecular weight excluding hydrogens is 939 g/mol. The molecule has 6 aromatic rings.